The number of hydrogen-bond acceptors (Lipinski definition) is 8. The lowest BCUT2D eigenvalue weighted by atomic mass is 10.2. The first-order valence-electron chi connectivity index (χ1n) is 11.7. The maximum Gasteiger partial charge on any atom is 0.236 e. The Labute approximate surface area is 199 Å². The van der Waals surface area contributed by atoms with Crippen LogP contribution < -0.4 is 19.1 Å². The molecule has 0 atom stereocenters. The number of sulfone groups is 1. The first kappa shape index (κ1) is 22.6. The first-order chi connectivity index (χ1) is 16.6. The van der Waals surface area contributed by atoms with Crippen molar-refractivity contribution in [2.75, 3.05) is 37.8 Å². The minimum Gasteiger partial charge on any atom is -0.494 e. The summed E-state index contributed by atoms with van der Waals surface area (Å²) in [6.07, 6.45) is 4.17. The van der Waals surface area contributed by atoms with Crippen LogP contribution in [0.2, 0.25) is 0 Å². The van der Waals surface area contributed by atoms with Crippen molar-refractivity contribution in [3.63, 3.8) is 0 Å². The van der Waals surface area contributed by atoms with E-state index in [-0.39, 0.29) is 15.8 Å². The monoisotopic (exact) mass is 484 g/mol. The van der Waals surface area contributed by atoms with Gasteiger partial charge in [0, 0.05) is 24.7 Å². The van der Waals surface area contributed by atoms with Crippen LogP contribution >= 0.6 is 0 Å². The smallest absolute Gasteiger partial charge is 0.236 e. The van der Waals surface area contributed by atoms with E-state index in [1.807, 2.05) is 36.1 Å². The first-order valence-corrected chi connectivity index (χ1v) is 13.2. The summed E-state index contributed by atoms with van der Waals surface area (Å²) in [6.45, 7) is 4.75. The zero-order valence-electron chi connectivity index (χ0n) is 19.2. The molecule has 0 radical (unpaired) electrons. The van der Waals surface area contributed by atoms with Gasteiger partial charge in [0.05, 0.1) is 11.5 Å². The molecule has 1 saturated heterocycles. The quantitative estimate of drug-likeness (QED) is 0.496. The molecule has 0 spiro atoms. The molecule has 2 aliphatic heterocycles. The van der Waals surface area contributed by atoms with Gasteiger partial charge in [-0.25, -0.2) is 8.42 Å². The lowest BCUT2D eigenvalue weighted by Crippen LogP contribution is -2.25. The average molecular weight is 485 g/mol. The molecule has 34 heavy (non-hydrogen) atoms. The van der Waals surface area contributed by atoms with E-state index in [9.17, 15) is 8.42 Å². The van der Waals surface area contributed by atoms with Crippen LogP contribution in [0, 0.1) is 0 Å². The molecule has 1 fully saturated rings. The Morgan fingerprint density at radius 2 is 1.65 bits per heavy atom. The Kier molecular flexibility index (Phi) is 6.36. The van der Waals surface area contributed by atoms with Crippen LogP contribution in [0.15, 0.2) is 56.8 Å². The topological polar surface area (TPSA) is 91.1 Å². The number of ether oxygens (including phenoxy) is 3. The van der Waals surface area contributed by atoms with Gasteiger partial charge in [0.25, 0.3) is 0 Å². The van der Waals surface area contributed by atoms with Gasteiger partial charge >= 0.3 is 0 Å². The third kappa shape index (κ3) is 4.44. The highest BCUT2D eigenvalue weighted by Crippen LogP contribution is 2.39. The van der Waals surface area contributed by atoms with Gasteiger partial charge in [-0.2, -0.15) is 4.98 Å². The summed E-state index contributed by atoms with van der Waals surface area (Å²) in [5.41, 5.74) is 0.683. The summed E-state index contributed by atoms with van der Waals surface area (Å²) >= 11 is 0. The molecule has 2 aromatic carbocycles. The van der Waals surface area contributed by atoms with Gasteiger partial charge in [-0.3, -0.25) is 0 Å². The highest BCUT2D eigenvalue weighted by atomic mass is 32.2. The summed E-state index contributed by atoms with van der Waals surface area (Å²) in [7, 11) is -3.98. The van der Waals surface area contributed by atoms with Crippen LogP contribution in [0.25, 0.3) is 11.5 Å². The van der Waals surface area contributed by atoms with Crippen LogP contribution in [-0.4, -0.2) is 46.3 Å². The molecule has 1 aromatic heterocycles. The number of benzene rings is 2. The zero-order chi connectivity index (χ0) is 23.5. The normalized spacial score (nSPS) is 16.2. The SMILES string of the molecule is CCOc1ccc(-c2nc(S(=O)(=O)c3ccc4c(c3)OCCO4)c(N3CCCCCC3)o2)cc1. The predicted octanol–water partition coefficient (Wildman–Crippen LogP) is 4.72. The van der Waals surface area contributed by atoms with Gasteiger partial charge in [-0.1, -0.05) is 12.8 Å². The van der Waals surface area contributed by atoms with Crippen LogP contribution in [-0.2, 0) is 9.84 Å². The zero-order valence-corrected chi connectivity index (χ0v) is 20.0. The van der Waals surface area contributed by atoms with Crippen molar-refractivity contribution >= 4 is 15.7 Å². The van der Waals surface area contributed by atoms with Crippen LogP contribution in [0.4, 0.5) is 5.88 Å². The Bertz CT molecular complexity index is 1240. The van der Waals surface area contributed by atoms with E-state index in [0.717, 1.165) is 44.5 Å². The van der Waals surface area contributed by atoms with Crippen molar-refractivity contribution < 1.29 is 27.0 Å². The van der Waals surface area contributed by atoms with Gasteiger partial charge in [-0.05, 0) is 56.2 Å². The molecule has 8 nitrogen and oxygen atoms in total. The Morgan fingerprint density at radius 1 is 0.941 bits per heavy atom. The number of aromatic nitrogens is 1. The minimum atomic E-state index is -3.98. The number of hydrogen-bond donors (Lipinski definition) is 0. The fraction of sp³-hybridized carbons (Fsp3) is 0.400. The van der Waals surface area contributed by atoms with Crippen molar-refractivity contribution in [2.45, 2.75) is 42.5 Å². The standard InChI is InChI=1S/C25H28N2O6S/c1-2-30-19-9-7-18(8-10-19)23-26-24(25(33-23)27-13-5-3-4-6-14-27)34(28,29)20-11-12-21-22(17-20)32-16-15-31-21/h7-12,17H,2-6,13-16H2,1H3. The molecule has 0 N–H and O–H groups in total. The van der Waals surface area contributed by atoms with Crippen molar-refractivity contribution in [3.8, 4) is 28.7 Å². The number of rotatable bonds is 6. The lowest BCUT2D eigenvalue weighted by Gasteiger charge is -2.21. The van der Waals surface area contributed by atoms with E-state index >= 15 is 0 Å². The molecule has 3 heterocycles. The van der Waals surface area contributed by atoms with Gasteiger partial charge in [0.15, 0.2) is 11.5 Å². The maximum absolute atomic E-state index is 13.8. The third-order valence-electron chi connectivity index (χ3n) is 5.96. The molecule has 5 rings (SSSR count). The molecule has 9 heteroatoms. The van der Waals surface area contributed by atoms with E-state index in [2.05, 4.69) is 4.98 Å². The molecule has 0 bridgehead atoms. The minimum absolute atomic E-state index is 0.0741. The summed E-state index contributed by atoms with van der Waals surface area (Å²) < 4.78 is 50.4. The number of fused-ring (bicyclic) bond motifs is 1. The molecule has 2 aliphatic rings. The molecular weight excluding hydrogens is 456 g/mol. The molecular formula is C25H28N2O6S. The third-order valence-corrected chi connectivity index (χ3v) is 7.61. The van der Waals surface area contributed by atoms with E-state index < -0.39 is 9.84 Å². The number of oxazole rings is 1. The maximum atomic E-state index is 13.8. The second kappa shape index (κ2) is 9.58. The van der Waals surface area contributed by atoms with E-state index in [4.69, 9.17) is 18.6 Å². The Morgan fingerprint density at radius 3 is 2.35 bits per heavy atom. The molecule has 0 saturated carbocycles. The van der Waals surface area contributed by atoms with E-state index in [1.54, 1.807) is 6.07 Å². The van der Waals surface area contributed by atoms with Crippen LogP contribution in [0.1, 0.15) is 32.6 Å². The van der Waals surface area contributed by atoms with Gasteiger partial charge in [0.1, 0.15) is 19.0 Å². The van der Waals surface area contributed by atoms with Gasteiger partial charge in [0.2, 0.25) is 26.6 Å². The Balaban J connectivity index is 1.58. The van der Waals surface area contributed by atoms with Gasteiger partial charge in [-0.15, -0.1) is 0 Å². The lowest BCUT2D eigenvalue weighted by molar-refractivity contribution is 0.171. The number of nitrogens with zero attached hydrogens (tertiary/aromatic N) is 2. The number of anilines is 1. The van der Waals surface area contributed by atoms with Gasteiger partial charge < -0.3 is 23.5 Å². The summed E-state index contributed by atoms with van der Waals surface area (Å²) in [5, 5.41) is -0.0741. The summed E-state index contributed by atoms with van der Waals surface area (Å²) in [5.74, 6) is 2.24. The molecule has 0 unspecified atom stereocenters. The van der Waals surface area contributed by atoms with E-state index in [1.165, 1.54) is 12.1 Å². The molecule has 0 aliphatic carbocycles. The molecule has 180 valence electrons. The fourth-order valence-electron chi connectivity index (χ4n) is 4.23. The molecule has 0 amide bonds. The Hall–Kier alpha value is -3.20. The van der Waals surface area contributed by atoms with Crippen molar-refractivity contribution in [3.05, 3.63) is 42.5 Å². The van der Waals surface area contributed by atoms with Crippen molar-refractivity contribution in [1.82, 2.24) is 4.98 Å². The fourth-order valence-corrected chi connectivity index (χ4v) is 5.57. The summed E-state index contributed by atoms with van der Waals surface area (Å²) in [4.78, 5) is 6.61. The van der Waals surface area contributed by atoms with Crippen LogP contribution in [0.5, 0.6) is 17.2 Å². The highest BCUT2D eigenvalue weighted by Gasteiger charge is 2.32. The second-order valence-corrected chi connectivity index (χ2v) is 10.2. The van der Waals surface area contributed by atoms with Crippen molar-refractivity contribution in [2.24, 2.45) is 0 Å². The second-order valence-electron chi connectivity index (χ2n) is 8.30. The van der Waals surface area contributed by atoms with Crippen molar-refractivity contribution in [1.29, 1.82) is 0 Å². The van der Waals surface area contributed by atoms with Crippen LogP contribution in [0.3, 0.4) is 0 Å². The molecule has 3 aromatic rings. The largest absolute Gasteiger partial charge is 0.494 e. The predicted molar refractivity (Wildman–Crippen MR) is 127 cm³/mol. The highest BCUT2D eigenvalue weighted by molar-refractivity contribution is 7.91. The van der Waals surface area contributed by atoms with E-state index in [0.29, 0.717) is 42.8 Å². The average Bonchev–Trinajstić information content (AvgIpc) is 3.14. The summed E-state index contributed by atoms with van der Waals surface area (Å²) in [6, 6.07) is 11.9.